The fraction of sp³-hybridized carbons (Fsp3) is 0.263. The first kappa shape index (κ1) is 19.1. The van der Waals surface area contributed by atoms with Crippen molar-refractivity contribution < 1.29 is 18.0 Å². The van der Waals surface area contributed by atoms with Crippen LogP contribution in [0.25, 0.3) is 26.6 Å². The Hall–Kier alpha value is -2.25. The van der Waals surface area contributed by atoms with Crippen molar-refractivity contribution in [2.24, 2.45) is 0 Å². The van der Waals surface area contributed by atoms with Crippen molar-refractivity contribution in [2.45, 2.75) is 20.8 Å². The third kappa shape index (κ3) is 3.02. The molecule has 0 unspecified atom stereocenters. The van der Waals surface area contributed by atoms with E-state index in [1.165, 1.54) is 11.3 Å². The molecule has 0 spiro atoms. The number of hydrogen-bond acceptors (Lipinski definition) is 7. The van der Waals surface area contributed by atoms with Crippen LogP contribution in [0.5, 0.6) is 0 Å². The van der Waals surface area contributed by atoms with Crippen LogP contribution in [0.4, 0.5) is 0 Å². The Labute approximate surface area is 165 Å². The molecule has 0 aliphatic heterocycles. The number of para-hydroxylation sites is 2. The third-order valence-electron chi connectivity index (χ3n) is 4.34. The summed E-state index contributed by atoms with van der Waals surface area (Å²) in [5, 5.41) is 8.38. The molecule has 28 heavy (non-hydrogen) atoms. The van der Waals surface area contributed by atoms with Crippen molar-refractivity contribution in [1.82, 2.24) is 9.38 Å². The van der Waals surface area contributed by atoms with Gasteiger partial charge in [-0.05, 0) is 45.0 Å². The van der Waals surface area contributed by atoms with Gasteiger partial charge in [-0.25, -0.2) is 4.98 Å². The van der Waals surface area contributed by atoms with Gasteiger partial charge in [-0.3, -0.25) is 14.4 Å². The van der Waals surface area contributed by atoms with Gasteiger partial charge in [0.25, 0.3) is 0 Å². The molecule has 0 aliphatic rings. The molecule has 0 saturated heterocycles. The minimum Gasteiger partial charge on any atom is -0.437 e. The summed E-state index contributed by atoms with van der Waals surface area (Å²) in [7, 11) is -3.58. The van der Waals surface area contributed by atoms with E-state index in [0.717, 1.165) is 26.6 Å². The third-order valence-corrected chi connectivity index (χ3v) is 7.64. The topological polar surface area (TPSA) is 89.8 Å². The highest BCUT2D eigenvalue weighted by Crippen LogP contribution is 2.46. The maximum Gasteiger partial charge on any atom is 0.366 e. The molecular formula is C19H20N3O4PS. The molecule has 4 aromatic rings. The minimum absolute atomic E-state index is 0.129. The fourth-order valence-corrected chi connectivity index (χ4v) is 5.86. The molecule has 7 nitrogen and oxygen atoms in total. The summed E-state index contributed by atoms with van der Waals surface area (Å²) < 4.78 is 31.4. The highest BCUT2D eigenvalue weighted by molar-refractivity contribution is 7.62. The summed E-state index contributed by atoms with van der Waals surface area (Å²) in [6, 6.07) is 11.2. The van der Waals surface area contributed by atoms with Crippen LogP contribution in [0.2, 0.25) is 0 Å². The van der Waals surface area contributed by atoms with Crippen LogP contribution < -0.4 is 10.9 Å². The lowest BCUT2D eigenvalue weighted by atomic mass is 10.3. The van der Waals surface area contributed by atoms with Gasteiger partial charge in [0.05, 0.1) is 29.1 Å². The minimum atomic E-state index is -3.58. The predicted molar refractivity (Wildman–Crippen MR) is 109 cm³/mol. The molecule has 3 heterocycles. The van der Waals surface area contributed by atoms with Crippen molar-refractivity contribution in [2.75, 3.05) is 13.2 Å². The number of fused-ring (bicyclic) bond motifs is 3. The van der Waals surface area contributed by atoms with E-state index in [4.69, 9.17) is 18.9 Å². The Kier molecular flexibility index (Phi) is 4.97. The van der Waals surface area contributed by atoms with Crippen molar-refractivity contribution in [1.29, 1.82) is 5.41 Å². The Morgan fingerprint density at radius 1 is 1.18 bits per heavy atom. The Morgan fingerprint density at radius 3 is 2.57 bits per heavy atom. The zero-order chi connectivity index (χ0) is 19.9. The zero-order valence-corrected chi connectivity index (χ0v) is 17.5. The van der Waals surface area contributed by atoms with Crippen molar-refractivity contribution in [3.05, 3.63) is 47.6 Å². The van der Waals surface area contributed by atoms with Crippen LogP contribution in [0, 0.1) is 12.3 Å². The van der Waals surface area contributed by atoms with Crippen LogP contribution in [0.1, 0.15) is 19.5 Å². The summed E-state index contributed by atoms with van der Waals surface area (Å²) in [6.07, 6.45) is 0. The molecule has 0 aliphatic carbocycles. The van der Waals surface area contributed by atoms with Gasteiger partial charge in [0.15, 0.2) is 4.96 Å². The molecule has 1 aromatic carbocycles. The first-order chi connectivity index (χ1) is 13.5. The number of rotatable bonds is 6. The second-order valence-corrected chi connectivity index (χ2v) is 9.05. The van der Waals surface area contributed by atoms with E-state index < -0.39 is 7.60 Å². The van der Waals surface area contributed by atoms with Crippen molar-refractivity contribution in [3.8, 4) is 10.6 Å². The van der Waals surface area contributed by atoms with E-state index in [2.05, 4.69) is 9.38 Å². The van der Waals surface area contributed by atoms with Gasteiger partial charge >= 0.3 is 7.60 Å². The maximum absolute atomic E-state index is 13.0. The Morgan fingerprint density at radius 2 is 1.89 bits per heavy atom. The van der Waals surface area contributed by atoms with E-state index in [1.807, 2.05) is 31.2 Å². The van der Waals surface area contributed by atoms with E-state index in [0.29, 0.717) is 5.76 Å². The molecule has 0 bridgehead atoms. The van der Waals surface area contributed by atoms with Crippen LogP contribution in [0.15, 0.2) is 40.8 Å². The fourth-order valence-electron chi connectivity index (χ4n) is 3.17. The van der Waals surface area contributed by atoms with Crippen molar-refractivity contribution >= 4 is 40.2 Å². The summed E-state index contributed by atoms with van der Waals surface area (Å²) >= 11 is 1.49. The second kappa shape index (κ2) is 7.29. The second-order valence-electron chi connectivity index (χ2n) is 6.08. The average Bonchev–Trinajstić information content (AvgIpc) is 3.18. The predicted octanol–water partition coefficient (Wildman–Crippen LogP) is 4.49. The largest absolute Gasteiger partial charge is 0.437 e. The van der Waals surface area contributed by atoms with E-state index in [1.54, 1.807) is 26.0 Å². The Bertz CT molecular complexity index is 1260. The van der Waals surface area contributed by atoms with Gasteiger partial charge in [0, 0.05) is 5.69 Å². The molecule has 0 saturated carbocycles. The van der Waals surface area contributed by atoms with Crippen LogP contribution in [-0.4, -0.2) is 22.6 Å². The summed E-state index contributed by atoms with van der Waals surface area (Å²) in [4.78, 5) is 6.39. The average molecular weight is 417 g/mol. The normalized spacial score (nSPS) is 12.2. The molecule has 146 valence electrons. The van der Waals surface area contributed by atoms with Gasteiger partial charge in [-0.1, -0.05) is 23.5 Å². The van der Waals surface area contributed by atoms with Crippen LogP contribution in [0.3, 0.4) is 0 Å². The first-order valence-corrected chi connectivity index (χ1v) is 11.3. The van der Waals surface area contributed by atoms with Gasteiger partial charge in [0.2, 0.25) is 5.55 Å². The number of benzene rings is 1. The summed E-state index contributed by atoms with van der Waals surface area (Å²) in [6.45, 7) is 5.89. The van der Waals surface area contributed by atoms with Crippen LogP contribution in [-0.2, 0) is 13.6 Å². The van der Waals surface area contributed by atoms with Gasteiger partial charge in [0.1, 0.15) is 11.1 Å². The lowest BCUT2D eigenvalue weighted by Crippen LogP contribution is -2.26. The van der Waals surface area contributed by atoms with E-state index in [-0.39, 0.29) is 24.1 Å². The highest BCUT2D eigenvalue weighted by atomic mass is 32.1. The maximum atomic E-state index is 13.0. The molecule has 0 fully saturated rings. The van der Waals surface area contributed by atoms with E-state index >= 15 is 0 Å². The number of hydrogen-bond donors (Lipinski definition) is 1. The number of aromatic nitrogens is 2. The SMILES string of the molecule is CCOP(=O)(OCC)c1ccc(-c2sc3nc4ccccc4n3c2C)oc1=N. The number of aryl methyl sites for hydroxylation is 1. The monoisotopic (exact) mass is 417 g/mol. The molecule has 0 atom stereocenters. The van der Waals surface area contributed by atoms with Crippen LogP contribution >= 0.6 is 18.9 Å². The molecule has 0 amide bonds. The Balaban J connectivity index is 1.82. The lowest BCUT2D eigenvalue weighted by Gasteiger charge is -2.16. The number of thiazole rings is 1. The zero-order valence-electron chi connectivity index (χ0n) is 15.8. The van der Waals surface area contributed by atoms with Crippen molar-refractivity contribution in [3.63, 3.8) is 0 Å². The molecule has 3 aromatic heterocycles. The lowest BCUT2D eigenvalue weighted by molar-refractivity contribution is 0.229. The van der Waals surface area contributed by atoms with Gasteiger partial charge < -0.3 is 13.5 Å². The molecule has 0 radical (unpaired) electrons. The number of nitrogens with zero attached hydrogens (tertiary/aromatic N) is 2. The smallest absolute Gasteiger partial charge is 0.366 e. The number of nitrogens with one attached hydrogen (secondary N) is 1. The summed E-state index contributed by atoms with van der Waals surface area (Å²) in [5.74, 6) is 0.519. The van der Waals surface area contributed by atoms with E-state index in [9.17, 15) is 4.57 Å². The highest BCUT2D eigenvalue weighted by Gasteiger charge is 2.30. The molecular weight excluding hydrogens is 397 g/mol. The quantitative estimate of drug-likeness (QED) is 0.467. The number of imidazole rings is 1. The van der Waals surface area contributed by atoms with Gasteiger partial charge in [-0.15, -0.1) is 0 Å². The van der Waals surface area contributed by atoms with Gasteiger partial charge in [-0.2, -0.15) is 0 Å². The molecule has 9 heteroatoms. The molecule has 1 N–H and O–H groups in total. The standard InChI is InChI=1S/C19H20N3O4PS/c1-4-24-27(23,25-5-2)16-11-10-15(26-18(16)20)17-12(3)22-14-9-7-6-8-13(14)21-19(22)28-17/h6-11,20H,4-5H2,1-3H3. The molecule has 4 rings (SSSR count). The first-order valence-electron chi connectivity index (χ1n) is 8.94. The summed E-state index contributed by atoms with van der Waals surface area (Å²) in [5.41, 5.74) is 2.71.